The monoisotopic (exact) mass is 340 g/mol. The molecule has 6 heteroatoms. The molecular formula is C16H21ClN2O2S. The number of nitrogens with two attached hydrogens (primary N) is 1. The molecule has 22 heavy (non-hydrogen) atoms. The molecule has 0 saturated heterocycles. The van der Waals surface area contributed by atoms with Crippen LogP contribution >= 0.6 is 12.4 Å². The number of sulfonamides is 1. The van der Waals surface area contributed by atoms with Crippen molar-refractivity contribution >= 4 is 28.1 Å². The number of hydrogen-bond donors (Lipinski definition) is 2. The predicted molar refractivity (Wildman–Crippen MR) is 92.8 cm³/mol. The first kappa shape index (κ1) is 18.5. The first-order valence-corrected chi connectivity index (χ1v) is 8.42. The Balaban J connectivity index is 0.00000242. The highest BCUT2D eigenvalue weighted by Crippen LogP contribution is 2.12. The summed E-state index contributed by atoms with van der Waals surface area (Å²) in [5, 5.41) is 0. The molecule has 0 aromatic heterocycles. The van der Waals surface area contributed by atoms with Crippen molar-refractivity contribution in [2.75, 3.05) is 12.3 Å². The average molecular weight is 341 g/mol. The van der Waals surface area contributed by atoms with E-state index in [9.17, 15) is 8.42 Å². The highest BCUT2D eigenvalue weighted by atomic mass is 35.5. The van der Waals surface area contributed by atoms with Crippen LogP contribution in [-0.2, 0) is 22.9 Å². The maximum atomic E-state index is 12.2. The third-order valence-electron chi connectivity index (χ3n) is 3.30. The van der Waals surface area contributed by atoms with E-state index in [1.165, 1.54) is 0 Å². The van der Waals surface area contributed by atoms with Gasteiger partial charge in [-0.1, -0.05) is 31.2 Å². The Morgan fingerprint density at radius 1 is 1.05 bits per heavy atom. The van der Waals surface area contributed by atoms with Gasteiger partial charge in [-0.15, -0.1) is 12.4 Å². The Hall–Kier alpha value is -1.56. The van der Waals surface area contributed by atoms with E-state index in [4.69, 9.17) is 5.73 Å². The minimum absolute atomic E-state index is 0. The summed E-state index contributed by atoms with van der Waals surface area (Å²) in [6.45, 7) is 2.36. The van der Waals surface area contributed by atoms with Gasteiger partial charge in [0.25, 0.3) is 0 Å². The lowest BCUT2D eigenvalue weighted by Crippen LogP contribution is -2.26. The molecule has 0 fully saturated rings. The summed E-state index contributed by atoms with van der Waals surface area (Å²) in [7, 11) is -3.45. The lowest BCUT2D eigenvalue weighted by atomic mass is 10.1. The number of rotatable bonds is 6. The molecule has 0 heterocycles. The maximum absolute atomic E-state index is 12.2. The third kappa shape index (κ3) is 5.02. The molecule has 2 aromatic rings. The predicted octanol–water partition coefficient (Wildman–Crippen LogP) is 2.77. The molecule has 4 nitrogen and oxygen atoms in total. The molecule has 0 radical (unpaired) electrons. The second-order valence-electron chi connectivity index (χ2n) is 4.89. The first-order chi connectivity index (χ1) is 10.0. The second-order valence-corrected chi connectivity index (χ2v) is 6.66. The van der Waals surface area contributed by atoms with Gasteiger partial charge >= 0.3 is 0 Å². The number of benzene rings is 2. The Labute approximate surface area is 138 Å². The zero-order chi connectivity index (χ0) is 15.3. The summed E-state index contributed by atoms with van der Waals surface area (Å²) in [6.07, 6.45) is 1.45. The molecule has 0 aliphatic heterocycles. The van der Waals surface area contributed by atoms with Gasteiger partial charge in [-0.05, 0) is 48.2 Å². The molecule has 2 aromatic carbocycles. The molecule has 120 valence electrons. The van der Waals surface area contributed by atoms with Crippen LogP contribution in [0.2, 0.25) is 0 Å². The highest BCUT2D eigenvalue weighted by Gasteiger charge is 2.13. The SMILES string of the molecule is CCc1cccc(S(=O)(=O)NCCc2ccc(N)cc2)c1.Cl. The molecule has 3 N–H and O–H groups in total. The van der Waals surface area contributed by atoms with Crippen LogP contribution in [0.4, 0.5) is 5.69 Å². The third-order valence-corrected chi connectivity index (χ3v) is 4.76. The maximum Gasteiger partial charge on any atom is 0.240 e. The van der Waals surface area contributed by atoms with Crippen LogP contribution in [-0.4, -0.2) is 15.0 Å². The van der Waals surface area contributed by atoms with E-state index in [0.29, 0.717) is 23.5 Å². The summed E-state index contributed by atoms with van der Waals surface area (Å²) in [5.74, 6) is 0. The fraction of sp³-hybridized carbons (Fsp3) is 0.250. The van der Waals surface area contributed by atoms with E-state index in [1.54, 1.807) is 18.2 Å². The molecule has 0 spiro atoms. The standard InChI is InChI=1S/C16H20N2O2S.ClH/c1-2-13-4-3-5-16(12-13)21(19,20)18-11-10-14-6-8-15(17)9-7-14;/h3-9,12,18H,2,10-11,17H2,1H3;1H. The van der Waals surface area contributed by atoms with E-state index < -0.39 is 10.0 Å². The summed E-state index contributed by atoms with van der Waals surface area (Å²) in [5.41, 5.74) is 8.38. The van der Waals surface area contributed by atoms with Crippen molar-refractivity contribution in [3.8, 4) is 0 Å². The average Bonchev–Trinajstić information content (AvgIpc) is 2.49. The fourth-order valence-corrected chi connectivity index (χ4v) is 3.13. The lowest BCUT2D eigenvalue weighted by Gasteiger charge is -2.08. The van der Waals surface area contributed by atoms with E-state index in [0.717, 1.165) is 17.5 Å². The normalized spacial score (nSPS) is 11.0. The van der Waals surface area contributed by atoms with Gasteiger partial charge in [0.15, 0.2) is 0 Å². The molecule has 2 rings (SSSR count). The molecule has 0 aliphatic carbocycles. The van der Waals surface area contributed by atoms with Crippen molar-refractivity contribution in [2.24, 2.45) is 0 Å². The number of aryl methyl sites for hydroxylation is 1. The quantitative estimate of drug-likeness (QED) is 0.794. The molecule has 0 bridgehead atoms. The summed E-state index contributed by atoms with van der Waals surface area (Å²) >= 11 is 0. The summed E-state index contributed by atoms with van der Waals surface area (Å²) in [6, 6.07) is 14.5. The van der Waals surface area contributed by atoms with Gasteiger partial charge < -0.3 is 5.73 Å². The fourth-order valence-electron chi connectivity index (χ4n) is 2.03. The van der Waals surface area contributed by atoms with Gasteiger partial charge in [-0.25, -0.2) is 13.1 Å². The van der Waals surface area contributed by atoms with E-state index in [-0.39, 0.29) is 12.4 Å². The smallest absolute Gasteiger partial charge is 0.240 e. The van der Waals surface area contributed by atoms with Crippen LogP contribution in [0.5, 0.6) is 0 Å². The van der Waals surface area contributed by atoms with Crippen LogP contribution in [0.1, 0.15) is 18.1 Å². The van der Waals surface area contributed by atoms with E-state index in [1.807, 2.05) is 37.3 Å². The zero-order valence-corrected chi connectivity index (χ0v) is 14.1. The van der Waals surface area contributed by atoms with Crippen molar-refractivity contribution < 1.29 is 8.42 Å². The second kappa shape index (κ2) is 8.17. The van der Waals surface area contributed by atoms with Gasteiger partial charge in [0, 0.05) is 12.2 Å². The Bertz CT molecular complexity index is 700. The van der Waals surface area contributed by atoms with Crippen molar-refractivity contribution in [1.29, 1.82) is 0 Å². The first-order valence-electron chi connectivity index (χ1n) is 6.94. The Morgan fingerprint density at radius 2 is 1.73 bits per heavy atom. The molecule has 0 amide bonds. The Morgan fingerprint density at radius 3 is 2.36 bits per heavy atom. The van der Waals surface area contributed by atoms with Crippen LogP contribution in [0.15, 0.2) is 53.4 Å². The van der Waals surface area contributed by atoms with E-state index >= 15 is 0 Å². The minimum Gasteiger partial charge on any atom is -0.399 e. The van der Waals surface area contributed by atoms with Crippen LogP contribution < -0.4 is 10.5 Å². The topological polar surface area (TPSA) is 72.2 Å². The van der Waals surface area contributed by atoms with Gasteiger partial charge in [-0.3, -0.25) is 0 Å². The number of halogens is 1. The van der Waals surface area contributed by atoms with Crippen molar-refractivity contribution in [1.82, 2.24) is 4.72 Å². The van der Waals surface area contributed by atoms with Crippen LogP contribution in [0, 0.1) is 0 Å². The number of hydrogen-bond acceptors (Lipinski definition) is 3. The van der Waals surface area contributed by atoms with Crippen LogP contribution in [0.25, 0.3) is 0 Å². The van der Waals surface area contributed by atoms with E-state index in [2.05, 4.69) is 4.72 Å². The van der Waals surface area contributed by atoms with Gasteiger partial charge in [0.2, 0.25) is 10.0 Å². The minimum atomic E-state index is -3.45. The number of nitrogens with one attached hydrogen (secondary N) is 1. The zero-order valence-electron chi connectivity index (χ0n) is 12.5. The molecular weight excluding hydrogens is 320 g/mol. The van der Waals surface area contributed by atoms with Crippen LogP contribution in [0.3, 0.4) is 0 Å². The number of nitrogen functional groups attached to an aromatic ring is 1. The highest BCUT2D eigenvalue weighted by molar-refractivity contribution is 7.89. The Kier molecular flexibility index (Phi) is 6.87. The number of anilines is 1. The van der Waals surface area contributed by atoms with Crippen molar-refractivity contribution in [2.45, 2.75) is 24.7 Å². The molecule has 0 unspecified atom stereocenters. The molecule has 0 saturated carbocycles. The van der Waals surface area contributed by atoms with Gasteiger partial charge in [0.05, 0.1) is 4.90 Å². The molecule has 0 atom stereocenters. The van der Waals surface area contributed by atoms with Crippen molar-refractivity contribution in [3.05, 3.63) is 59.7 Å². The summed E-state index contributed by atoms with van der Waals surface area (Å²) in [4.78, 5) is 0.319. The lowest BCUT2D eigenvalue weighted by molar-refractivity contribution is 0.581. The molecule has 0 aliphatic rings. The van der Waals surface area contributed by atoms with Gasteiger partial charge in [-0.2, -0.15) is 0 Å². The largest absolute Gasteiger partial charge is 0.399 e. The van der Waals surface area contributed by atoms with Gasteiger partial charge in [0.1, 0.15) is 0 Å². The van der Waals surface area contributed by atoms with Crippen molar-refractivity contribution in [3.63, 3.8) is 0 Å². The summed E-state index contributed by atoms with van der Waals surface area (Å²) < 4.78 is 27.1.